The van der Waals surface area contributed by atoms with Gasteiger partial charge in [0, 0.05) is 6.42 Å². The molecule has 1 atom stereocenters. The van der Waals surface area contributed by atoms with E-state index in [-0.39, 0.29) is 6.29 Å². The number of ether oxygens (including phenoxy) is 2. The minimum Gasteiger partial charge on any atom is -0.470 e. The van der Waals surface area contributed by atoms with Crippen LogP contribution in [0.25, 0.3) is 0 Å². The van der Waals surface area contributed by atoms with Gasteiger partial charge in [0.05, 0.1) is 12.4 Å². The highest BCUT2D eigenvalue weighted by Gasteiger charge is 2.14. The third-order valence-electron chi connectivity index (χ3n) is 4.33. The molecule has 2 nitrogen and oxygen atoms in total. The predicted molar refractivity (Wildman–Crippen MR) is 83.3 cm³/mol. The van der Waals surface area contributed by atoms with Crippen LogP contribution in [0.15, 0.2) is 36.1 Å². The van der Waals surface area contributed by atoms with Crippen molar-refractivity contribution < 1.29 is 9.47 Å². The Labute approximate surface area is 123 Å². The van der Waals surface area contributed by atoms with Crippen molar-refractivity contribution in [2.24, 2.45) is 5.92 Å². The zero-order valence-electron chi connectivity index (χ0n) is 12.8. The summed E-state index contributed by atoms with van der Waals surface area (Å²) in [4.78, 5) is 0. The second kappa shape index (κ2) is 8.31. The fourth-order valence-electron chi connectivity index (χ4n) is 3.03. The monoisotopic (exact) mass is 276 g/mol. The SMILES string of the molecule is C=CC1=CC=C(OC(C)OCCC2CCCCC2)CC1. The first-order valence-corrected chi connectivity index (χ1v) is 8.08. The lowest BCUT2D eigenvalue weighted by molar-refractivity contribution is -0.108. The van der Waals surface area contributed by atoms with Crippen LogP contribution in [0.1, 0.15) is 58.3 Å². The minimum atomic E-state index is -0.136. The molecule has 0 aromatic rings. The van der Waals surface area contributed by atoms with Crippen molar-refractivity contribution in [3.63, 3.8) is 0 Å². The molecule has 2 aliphatic rings. The van der Waals surface area contributed by atoms with E-state index in [1.807, 2.05) is 19.1 Å². The van der Waals surface area contributed by atoms with Gasteiger partial charge in [-0.05, 0) is 37.3 Å². The highest BCUT2D eigenvalue weighted by molar-refractivity contribution is 5.27. The van der Waals surface area contributed by atoms with E-state index in [0.29, 0.717) is 0 Å². The first-order chi connectivity index (χ1) is 9.78. The fraction of sp³-hybridized carbons (Fsp3) is 0.667. The van der Waals surface area contributed by atoms with Crippen LogP contribution >= 0.6 is 0 Å². The van der Waals surface area contributed by atoms with E-state index in [9.17, 15) is 0 Å². The number of hydrogen-bond donors (Lipinski definition) is 0. The average Bonchev–Trinajstić information content (AvgIpc) is 2.49. The molecule has 0 radical (unpaired) electrons. The summed E-state index contributed by atoms with van der Waals surface area (Å²) in [7, 11) is 0. The van der Waals surface area contributed by atoms with Crippen LogP contribution in [0.3, 0.4) is 0 Å². The molecule has 1 saturated carbocycles. The van der Waals surface area contributed by atoms with Gasteiger partial charge in [-0.25, -0.2) is 0 Å². The summed E-state index contributed by atoms with van der Waals surface area (Å²) in [5.74, 6) is 1.91. The van der Waals surface area contributed by atoms with Crippen LogP contribution < -0.4 is 0 Å². The third kappa shape index (κ3) is 5.16. The van der Waals surface area contributed by atoms with Gasteiger partial charge in [0.25, 0.3) is 0 Å². The quantitative estimate of drug-likeness (QED) is 0.600. The highest BCUT2D eigenvalue weighted by atomic mass is 16.7. The van der Waals surface area contributed by atoms with Crippen molar-refractivity contribution in [1.82, 2.24) is 0 Å². The highest BCUT2D eigenvalue weighted by Crippen LogP contribution is 2.26. The molecule has 20 heavy (non-hydrogen) atoms. The van der Waals surface area contributed by atoms with Crippen LogP contribution in [-0.4, -0.2) is 12.9 Å². The smallest absolute Gasteiger partial charge is 0.196 e. The number of rotatable bonds is 7. The maximum Gasteiger partial charge on any atom is 0.196 e. The van der Waals surface area contributed by atoms with Gasteiger partial charge in [0.15, 0.2) is 6.29 Å². The largest absolute Gasteiger partial charge is 0.470 e. The summed E-state index contributed by atoms with van der Waals surface area (Å²) in [5, 5.41) is 0. The van der Waals surface area contributed by atoms with Crippen LogP contribution in [0.5, 0.6) is 0 Å². The third-order valence-corrected chi connectivity index (χ3v) is 4.33. The Bertz CT molecular complexity index is 362. The van der Waals surface area contributed by atoms with Crippen LogP contribution in [-0.2, 0) is 9.47 Å². The summed E-state index contributed by atoms with van der Waals surface area (Å²) >= 11 is 0. The zero-order valence-corrected chi connectivity index (χ0v) is 12.8. The molecule has 0 aliphatic heterocycles. The van der Waals surface area contributed by atoms with Gasteiger partial charge < -0.3 is 9.47 Å². The summed E-state index contributed by atoms with van der Waals surface area (Å²) in [6.07, 6.45) is 16.1. The normalized spacial score (nSPS) is 21.9. The van der Waals surface area contributed by atoms with E-state index in [2.05, 4.69) is 12.7 Å². The molecule has 1 unspecified atom stereocenters. The van der Waals surface area contributed by atoms with Gasteiger partial charge >= 0.3 is 0 Å². The molecular weight excluding hydrogens is 248 g/mol. The molecule has 0 aromatic carbocycles. The van der Waals surface area contributed by atoms with Crippen molar-refractivity contribution in [2.45, 2.75) is 64.6 Å². The molecule has 0 amide bonds. The van der Waals surface area contributed by atoms with Gasteiger partial charge in [-0.3, -0.25) is 0 Å². The molecular formula is C18H28O2. The van der Waals surface area contributed by atoms with Crippen molar-refractivity contribution in [3.05, 3.63) is 36.1 Å². The Morgan fingerprint density at radius 1 is 1.25 bits per heavy atom. The second-order valence-electron chi connectivity index (χ2n) is 5.93. The number of allylic oxidation sites excluding steroid dienone is 5. The van der Waals surface area contributed by atoms with E-state index < -0.39 is 0 Å². The van der Waals surface area contributed by atoms with E-state index in [1.165, 1.54) is 44.1 Å². The second-order valence-corrected chi connectivity index (χ2v) is 5.93. The molecule has 0 saturated heterocycles. The van der Waals surface area contributed by atoms with Crippen molar-refractivity contribution >= 4 is 0 Å². The van der Waals surface area contributed by atoms with Crippen molar-refractivity contribution in [3.8, 4) is 0 Å². The summed E-state index contributed by atoms with van der Waals surface area (Å²) in [6.45, 7) is 6.61. The summed E-state index contributed by atoms with van der Waals surface area (Å²) < 4.78 is 11.6. The van der Waals surface area contributed by atoms with Crippen LogP contribution in [0, 0.1) is 5.92 Å². The van der Waals surface area contributed by atoms with Crippen molar-refractivity contribution in [1.29, 1.82) is 0 Å². The van der Waals surface area contributed by atoms with Crippen LogP contribution in [0.2, 0.25) is 0 Å². The van der Waals surface area contributed by atoms with Crippen molar-refractivity contribution in [2.75, 3.05) is 6.61 Å². The summed E-state index contributed by atoms with van der Waals surface area (Å²) in [5.41, 5.74) is 1.28. The fourth-order valence-corrected chi connectivity index (χ4v) is 3.03. The molecule has 2 aliphatic carbocycles. The van der Waals surface area contributed by atoms with E-state index in [0.717, 1.165) is 31.1 Å². The van der Waals surface area contributed by atoms with Gasteiger partial charge in [-0.15, -0.1) is 0 Å². The first-order valence-electron chi connectivity index (χ1n) is 8.08. The lowest BCUT2D eigenvalue weighted by Crippen LogP contribution is -2.17. The Hall–Kier alpha value is -1.02. The first kappa shape index (κ1) is 15.4. The molecule has 2 heteroatoms. The van der Waals surface area contributed by atoms with Crippen LogP contribution in [0.4, 0.5) is 0 Å². The zero-order chi connectivity index (χ0) is 14.2. The van der Waals surface area contributed by atoms with Gasteiger partial charge in [-0.1, -0.05) is 50.8 Å². The Morgan fingerprint density at radius 3 is 2.70 bits per heavy atom. The lowest BCUT2D eigenvalue weighted by atomic mass is 9.87. The van der Waals surface area contributed by atoms with Gasteiger partial charge in [0.2, 0.25) is 0 Å². The molecule has 2 rings (SSSR count). The van der Waals surface area contributed by atoms with Gasteiger partial charge in [0.1, 0.15) is 0 Å². The maximum absolute atomic E-state index is 5.83. The lowest BCUT2D eigenvalue weighted by Gasteiger charge is -2.23. The minimum absolute atomic E-state index is 0.136. The van der Waals surface area contributed by atoms with Gasteiger partial charge in [-0.2, -0.15) is 0 Å². The Kier molecular flexibility index (Phi) is 6.38. The predicted octanol–water partition coefficient (Wildman–Crippen LogP) is 5.13. The molecule has 112 valence electrons. The standard InChI is InChI=1S/C18H28O2/c1-3-16-9-11-18(12-10-16)20-15(2)19-14-13-17-7-5-4-6-8-17/h3,9,11,15,17H,1,4-8,10,12-14H2,2H3. The Balaban J connectivity index is 1.62. The van der Waals surface area contributed by atoms with E-state index >= 15 is 0 Å². The molecule has 0 heterocycles. The molecule has 0 bridgehead atoms. The molecule has 0 aromatic heterocycles. The topological polar surface area (TPSA) is 18.5 Å². The molecule has 0 N–H and O–H groups in total. The molecule has 1 fully saturated rings. The Morgan fingerprint density at radius 2 is 2.05 bits per heavy atom. The average molecular weight is 276 g/mol. The van der Waals surface area contributed by atoms with E-state index in [4.69, 9.17) is 9.47 Å². The maximum atomic E-state index is 5.83. The number of hydrogen-bond acceptors (Lipinski definition) is 2. The summed E-state index contributed by atoms with van der Waals surface area (Å²) in [6, 6.07) is 0. The molecule has 0 spiro atoms. The van der Waals surface area contributed by atoms with E-state index in [1.54, 1.807) is 0 Å².